The number of fused-ring (bicyclic) bond motifs is 1. The fraction of sp³-hybridized carbons (Fsp3) is 0.545. The first kappa shape index (κ1) is 20.3. The number of hydrogen-bond donors (Lipinski definition) is 2. The molecule has 4 heterocycles. The third-order valence-corrected chi connectivity index (χ3v) is 7.22. The number of hydrogen-bond acceptors (Lipinski definition) is 7. The second-order valence-electron chi connectivity index (χ2n) is 9.04. The predicted molar refractivity (Wildman–Crippen MR) is 109 cm³/mol. The highest BCUT2D eigenvalue weighted by Crippen LogP contribution is 2.40. The monoisotopic (exact) mass is 426 g/mol. The largest absolute Gasteiger partial charge is 0.381 e. The second-order valence-corrected chi connectivity index (χ2v) is 9.04. The molecule has 1 spiro atoms. The Labute approximate surface area is 179 Å². The molecule has 0 saturated carbocycles. The number of rotatable bonds is 3. The van der Waals surface area contributed by atoms with Crippen LogP contribution in [0.1, 0.15) is 52.0 Å². The van der Waals surface area contributed by atoms with Crippen LogP contribution in [0.25, 0.3) is 0 Å². The second kappa shape index (κ2) is 7.51. The number of carbonyl (C=O) groups excluding carboxylic acids is 4. The Morgan fingerprint density at radius 3 is 2.65 bits per heavy atom. The van der Waals surface area contributed by atoms with E-state index in [0.29, 0.717) is 17.7 Å². The molecule has 1 aromatic rings. The minimum atomic E-state index is -0.955. The van der Waals surface area contributed by atoms with Gasteiger partial charge in [0.05, 0.1) is 11.1 Å². The van der Waals surface area contributed by atoms with E-state index in [9.17, 15) is 19.2 Å². The van der Waals surface area contributed by atoms with Crippen LogP contribution in [0.4, 0.5) is 0 Å². The van der Waals surface area contributed by atoms with Crippen LogP contribution in [-0.2, 0) is 20.9 Å². The number of benzene rings is 1. The number of likely N-dealkylation sites (tertiary alicyclic amines) is 1. The zero-order chi connectivity index (χ0) is 21.8. The molecule has 4 aliphatic rings. The topological polar surface area (TPSA) is 122 Å². The van der Waals surface area contributed by atoms with Gasteiger partial charge in [0.2, 0.25) is 11.8 Å². The summed E-state index contributed by atoms with van der Waals surface area (Å²) >= 11 is 0. The Morgan fingerprint density at radius 1 is 1.13 bits per heavy atom. The van der Waals surface area contributed by atoms with E-state index in [1.807, 2.05) is 6.07 Å². The van der Waals surface area contributed by atoms with Crippen LogP contribution in [0.5, 0.6) is 0 Å². The van der Waals surface area contributed by atoms with E-state index >= 15 is 0 Å². The van der Waals surface area contributed by atoms with Gasteiger partial charge in [-0.25, -0.2) is 0 Å². The van der Waals surface area contributed by atoms with Crippen molar-refractivity contribution in [3.05, 3.63) is 34.9 Å². The molecule has 164 valence electrons. The van der Waals surface area contributed by atoms with Gasteiger partial charge < -0.3 is 10.5 Å². The number of amides is 4. The lowest BCUT2D eigenvalue weighted by Crippen LogP contribution is -2.54. The van der Waals surface area contributed by atoms with Gasteiger partial charge in [0.15, 0.2) is 0 Å². The number of piperidine rings is 1. The highest BCUT2D eigenvalue weighted by Gasteiger charge is 2.48. The summed E-state index contributed by atoms with van der Waals surface area (Å²) in [6.07, 6.45) is 2.11. The first-order valence-corrected chi connectivity index (χ1v) is 10.8. The third-order valence-electron chi connectivity index (χ3n) is 7.22. The molecule has 2 unspecified atom stereocenters. The van der Waals surface area contributed by atoms with Crippen LogP contribution in [-0.4, -0.2) is 71.8 Å². The molecule has 0 aliphatic carbocycles. The van der Waals surface area contributed by atoms with Gasteiger partial charge in [-0.1, -0.05) is 12.1 Å². The van der Waals surface area contributed by atoms with Crippen molar-refractivity contribution in [3.8, 4) is 0 Å². The van der Waals surface area contributed by atoms with Crippen LogP contribution in [0, 0.1) is 5.41 Å². The lowest BCUT2D eigenvalue weighted by molar-refractivity contribution is -0.136. The number of nitrogens with one attached hydrogen (secondary N) is 1. The van der Waals surface area contributed by atoms with Crippen molar-refractivity contribution in [2.45, 2.75) is 44.3 Å². The Kier molecular flexibility index (Phi) is 4.91. The molecule has 0 aromatic heterocycles. The number of carbonyl (C=O) groups is 4. The average Bonchev–Trinajstić information content (AvgIpc) is 3.17. The molecule has 4 aliphatic heterocycles. The summed E-state index contributed by atoms with van der Waals surface area (Å²) in [6.45, 7) is 3.51. The van der Waals surface area contributed by atoms with Crippen LogP contribution < -0.4 is 11.1 Å². The average molecular weight is 426 g/mol. The van der Waals surface area contributed by atoms with Crippen LogP contribution >= 0.6 is 0 Å². The Bertz CT molecular complexity index is 971. The smallest absolute Gasteiger partial charge is 0.262 e. The van der Waals surface area contributed by atoms with E-state index in [1.165, 1.54) is 0 Å². The summed E-state index contributed by atoms with van der Waals surface area (Å²) in [5, 5.41) is 2.23. The van der Waals surface area contributed by atoms with Gasteiger partial charge in [0.25, 0.3) is 11.8 Å². The van der Waals surface area contributed by atoms with Crippen LogP contribution in [0.3, 0.4) is 0 Å². The summed E-state index contributed by atoms with van der Waals surface area (Å²) in [5.41, 5.74) is 7.98. The molecule has 3 fully saturated rings. The predicted octanol–water partition coefficient (Wildman–Crippen LogP) is 0.0275. The Morgan fingerprint density at radius 2 is 1.90 bits per heavy atom. The van der Waals surface area contributed by atoms with E-state index in [0.717, 1.165) is 49.6 Å². The van der Waals surface area contributed by atoms with Gasteiger partial charge in [-0.2, -0.15) is 0 Å². The van der Waals surface area contributed by atoms with Crippen molar-refractivity contribution in [1.82, 2.24) is 15.1 Å². The SMILES string of the molecule is NC1CN(Cc2cccc3c2C(=O)N(C2CCC(=O)NC2=O)C3=O)CC12CCOCC2. The standard InChI is InChI=1S/C22H26N4O5/c23-16-11-25(12-22(16)6-8-31-9-7-22)10-13-2-1-3-14-18(13)21(30)26(20(14)29)15-4-5-17(27)24-19(15)28/h1-3,15-16H,4-12,23H2,(H,24,27,28). The van der Waals surface area contributed by atoms with Gasteiger partial charge in [0.1, 0.15) is 6.04 Å². The van der Waals surface area contributed by atoms with Crippen LogP contribution in [0.15, 0.2) is 18.2 Å². The van der Waals surface area contributed by atoms with Gasteiger partial charge in [0, 0.05) is 50.7 Å². The molecule has 5 rings (SSSR count). The fourth-order valence-electron chi connectivity index (χ4n) is 5.48. The first-order valence-electron chi connectivity index (χ1n) is 10.8. The molecular weight excluding hydrogens is 400 g/mol. The van der Waals surface area contributed by atoms with E-state index in [2.05, 4.69) is 10.2 Å². The van der Waals surface area contributed by atoms with Crippen molar-refractivity contribution >= 4 is 23.6 Å². The van der Waals surface area contributed by atoms with Gasteiger partial charge in [-0.15, -0.1) is 0 Å². The van der Waals surface area contributed by atoms with Gasteiger partial charge in [-0.05, 0) is 30.9 Å². The lowest BCUT2D eigenvalue weighted by atomic mass is 9.76. The van der Waals surface area contributed by atoms with Gasteiger partial charge in [-0.3, -0.25) is 34.3 Å². The first-order chi connectivity index (χ1) is 14.9. The highest BCUT2D eigenvalue weighted by atomic mass is 16.5. The summed E-state index contributed by atoms with van der Waals surface area (Å²) in [6, 6.07) is 4.35. The molecule has 4 amide bonds. The van der Waals surface area contributed by atoms with E-state index in [1.54, 1.807) is 12.1 Å². The molecular formula is C22H26N4O5. The summed E-state index contributed by atoms with van der Waals surface area (Å²) < 4.78 is 5.51. The van der Waals surface area contributed by atoms with Crippen molar-refractivity contribution in [2.75, 3.05) is 26.3 Å². The maximum atomic E-state index is 13.3. The number of nitrogens with zero attached hydrogens (tertiary/aromatic N) is 2. The Balaban J connectivity index is 1.39. The van der Waals surface area contributed by atoms with E-state index in [4.69, 9.17) is 10.5 Å². The fourth-order valence-corrected chi connectivity index (χ4v) is 5.48. The molecule has 31 heavy (non-hydrogen) atoms. The van der Waals surface area contributed by atoms with E-state index < -0.39 is 23.8 Å². The molecule has 0 radical (unpaired) electrons. The number of imide groups is 2. The molecule has 3 N–H and O–H groups in total. The summed E-state index contributed by atoms with van der Waals surface area (Å²) in [5.74, 6) is -1.92. The normalized spacial score (nSPS) is 28.4. The lowest BCUT2D eigenvalue weighted by Gasteiger charge is -2.36. The number of ether oxygens (including phenoxy) is 1. The van der Waals surface area contributed by atoms with Crippen molar-refractivity contribution in [3.63, 3.8) is 0 Å². The molecule has 2 atom stereocenters. The number of nitrogens with two attached hydrogens (primary N) is 1. The zero-order valence-electron chi connectivity index (χ0n) is 17.3. The van der Waals surface area contributed by atoms with Crippen molar-refractivity contribution in [2.24, 2.45) is 11.1 Å². The molecule has 1 aromatic carbocycles. The molecule has 0 bridgehead atoms. The quantitative estimate of drug-likeness (QED) is 0.654. The minimum Gasteiger partial charge on any atom is -0.381 e. The molecule has 3 saturated heterocycles. The summed E-state index contributed by atoms with van der Waals surface area (Å²) in [7, 11) is 0. The maximum Gasteiger partial charge on any atom is 0.262 e. The minimum absolute atomic E-state index is 0.0365. The molecule has 9 heteroatoms. The van der Waals surface area contributed by atoms with E-state index in [-0.39, 0.29) is 30.2 Å². The third kappa shape index (κ3) is 3.28. The van der Waals surface area contributed by atoms with Crippen molar-refractivity contribution < 1.29 is 23.9 Å². The summed E-state index contributed by atoms with van der Waals surface area (Å²) in [4.78, 5) is 53.3. The van der Waals surface area contributed by atoms with Gasteiger partial charge >= 0.3 is 0 Å². The van der Waals surface area contributed by atoms with Crippen LogP contribution in [0.2, 0.25) is 0 Å². The highest BCUT2D eigenvalue weighted by molar-refractivity contribution is 6.24. The van der Waals surface area contributed by atoms with Crippen molar-refractivity contribution in [1.29, 1.82) is 0 Å². The Hall–Kier alpha value is -2.62. The molecule has 9 nitrogen and oxygen atoms in total. The maximum absolute atomic E-state index is 13.3. The zero-order valence-corrected chi connectivity index (χ0v) is 17.3.